The van der Waals surface area contributed by atoms with E-state index in [1.54, 1.807) is 6.07 Å². The zero-order valence-corrected chi connectivity index (χ0v) is 15.7. The molecule has 4 nitrogen and oxygen atoms in total. The van der Waals surface area contributed by atoms with Gasteiger partial charge in [-0.3, -0.25) is 4.79 Å². The van der Waals surface area contributed by atoms with E-state index >= 15 is 0 Å². The second kappa shape index (κ2) is 7.85. The van der Waals surface area contributed by atoms with Crippen LogP contribution in [0.3, 0.4) is 0 Å². The van der Waals surface area contributed by atoms with Gasteiger partial charge >= 0.3 is 0 Å². The van der Waals surface area contributed by atoms with E-state index in [2.05, 4.69) is 16.4 Å². The molecule has 1 N–H and O–H groups in total. The third kappa shape index (κ3) is 4.71. The Morgan fingerprint density at radius 2 is 2.08 bits per heavy atom. The number of carbonyl (C=O) groups is 1. The number of amides is 1. The molecule has 0 radical (unpaired) electrons. The smallest absolute Gasteiger partial charge is 0.226 e. The van der Waals surface area contributed by atoms with E-state index in [-0.39, 0.29) is 5.91 Å². The molecule has 1 aromatic heterocycles. The van der Waals surface area contributed by atoms with Gasteiger partial charge < -0.3 is 10.1 Å². The molecule has 0 spiro atoms. The largest absolute Gasteiger partial charge is 0.493 e. The molecule has 3 rings (SSSR count). The van der Waals surface area contributed by atoms with Crippen molar-refractivity contribution in [2.75, 3.05) is 11.9 Å². The van der Waals surface area contributed by atoms with Gasteiger partial charge in [0.2, 0.25) is 5.91 Å². The lowest BCUT2D eigenvalue weighted by Gasteiger charge is -2.09. The SMILES string of the molecule is Cc1ccc2nc(NC(=O)CCCOc3ccc(Cl)cc3C)sc2c1. The molecule has 0 atom stereocenters. The standard InChI is InChI=1S/C19H19ClN2O2S/c1-12-5-7-15-17(10-12)25-19(21-15)22-18(23)4-3-9-24-16-8-6-14(20)11-13(16)2/h5-8,10-11H,3-4,9H2,1-2H3,(H,21,22,23). The van der Waals surface area contributed by atoms with Gasteiger partial charge in [0.1, 0.15) is 5.75 Å². The minimum atomic E-state index is -0.0489. The summed E-state index contributed by atoms with van der Waals surface area (Å²) in [6.45, 7) is 4.47. The molecule has 2 aromatic carbocycles. The van der Waals surface area contributed by atoms with Gasteiger partial charge in [-0.2, -0.15) is 0 Å². The highest BCUT2D eigenvalue weighted by molar-refractivity contribution is 7.22. The van der Waals surface area contributed by atoms with Crippen LogP contribution in [0.2, 0.25) is 5.02 Å². The molecule has 0 bridgehead atoms. The molecule has 6 heteroatoms. The van der Waals surface area contributed by atoms with Gasteiger partial charge in [-0.15, -0.1) is 0 Å². The normalized spacial score (nSPS) is 10.8. The Kier molecular flexibility index (Phi) is 5.56. The molecule has 3 aromatic rings. The number of nitrogens with one attached hydrogen (secondary N) is 1. The van der Waals surface area contributed by atoms with Gasteiger partial charge in [0.05, 0.1) is 16.8 Å². The van der Waals surface area contributed by atoms with Crippen LogP contribution in [0.15, 0.2) is 36.4 Å². The summed E-state index contributed by atoms with van der Waals surface area (Å²) in [7, 11) is 0. The fraction of sp³-hybridized carbons (Fsp3) is 0.263. The molecule has 0 saturated heterocycles. The van der Waals surface area contributed by atoms with Crippen LogP contribution >= 0.6 is 22.9 Å². The summed E-state index contributed by atoms with van der Waals surface area (Å²) in [6, 6.07) is 11.6. The fourth-order valence-corrected chi connectivity index (χ4v) is 3.66. The van der Waals surface area contributed by atoms with Crippen LogP contribution in [0.5, 0.6) is 5.75 Å². The maximum Gasteiger partial charge on any atom is 0.226 e. The van der Waals surface area contributed by atoms with Crippen LogP contribution in [0.1, 0.15) is 24.0 Å². The molecule has 0 aliphatic heterocycles. The van der Waals surface area contributed by atoms with Crippen molar-refractivity contribution in [1.82, 2.24) is 4.98 Å². The highest BCUT2D eigenvalue weighted by Gasteiger charge is 2.08. The summed E-state index contributed by atoms with van der Waals surface area (Å²) in [4.78, 5) is 16.5. The van der Waals surface area contributed by atoms with E-state index in [4.69, 9.17) is 16.3 Å². The van der Waals surface area contributed by atoms with E-state index in [0.29, 0.717) is 29.6 Å². The van der Waals surface area contributed by atoms with Crippen molar-refractivity contribution in [3.05, 3.63) is 52.5 Å². The number of ether oxygens (including phenoxy) is 1. The predicted octanol–water partition coefficient (Wildman–Crippen LogP) is 5.36. The Morgan fingerprint density at radius 3 is 2.88 bits per heavy atom. The topological polar surface area (TPSA) is 51.2 Å². The van der Waals surface area contributed by atoms with Gasteiger partial charge in [-0.1, -0.05) is 29.0 Å². The van der Waals surface area contributed by atoms with Crippen molar-refractivity contribution in [2.24, 2.45) is 0 Å². The van der Waals surface area contributed by atoms with E-state index in [9.17, 15) is 4.79 Å². The van der Waals surface area contributed by atoms with Crippen molar-refractivity contribution in [1.29, 1.82) is 0 Å². The number of carbonyl (C=O) groups excluding carboxylic acids is 1. The van der Waals surface area contributed by atoms with Crippen molar-refractivity contribution in [3.63, 3.8) is 0 Å². The third-order valence-corrected chi connectivity index (χ3v) is 4.90. The van der Waals surface area contributed by atoms with Crippen molar-refractivity contribution >= 4 is 44.2 Å². The number of aryl methyl sites for hydroxylation is 2. The quantitative estimate of drug-likeness (QED) is 0.590. The number of halogens is 1. The van der Waals surface area contributed by atoms with Gasteiger partial charge in [-0.25, -0.2) is 4.98 Å². The first-order valence-electron chi connectivity index (χ1n) is 8.07. The van der Waals surface area contributed by atoms with Crippen LogP contribution in [-0.2, 0) is 4.79 Å². The van der Waals surface area contributed by atoms with E-state index < -0.39 is 0 Å². The molecular formula is C19H19ClN2O2S. The zero-order valence-electron chi connectivity index (χ0n) is 14.1. The first kappa shape index (κ1) is 17.7. The molecule has 25 heavy (non-hydrogen) atoms. The lowest BCUT2D eigenvalue weighted by atomic mass is 10.2. The third-order valence-electron chi connectivity index (χ3n) is 3.73. The molecule has 0 aliphatic rings. The fourth-order valence-electron chi connectivity index (χ4n) is 2.46. The molecule has 0 saturated carbocycles. The lowest BCUT2D eigenvalue weighted by Crippen LogP contribution is -2.12. The minimum Gasteiger partial charge on any atom is -0.493 e. The Balaban J connectivity index is 1.47. The van der Waals surface area contributed by atoms with E-state index in [1.165, 1.54) is 16.9 Å². The number of hydrogen-bond donors (Lipinski definition) is 1. The van der Waals surface area contributed by atoms with Gasteiger partial charge in [-0.05, 0) is 61.7 Å². The number of fused-ring (bicyclic) bond motifs is 1. The van der Waals surface area contributed by atoms with Gasteiger partial charge in [0.15, 0.2) is 5.13 Å². The molecule has 0 aliphatic carbocycles. The highest BCUT2D eigenvalue weighted by Crippen LogP contribution is 2.27. The second-order valence-corrected chi connectivity index (χ2v) is 7.37. The summed E-state index contributed by atoms with van der Waals surface area (Å²) in [5, 5.41) is 4.19. The predicted molar refractivity (Wildman–Crippen MR) is 104 cm³/mol. The minimum absolute atomic E-state index is 0.0489. The van der Waals surface area contributed by atoms with Crippen LogP contribution in [-0.4, -0.2) is 17.5 Å². The Hall–Kier alpha value is -2.11. The van der Waals surface area contributed by atoms with Crippen molar-refractivity contribution in [3.8, 4) is 5.75 Å². The lowest BCUT2D eigenvalue weighted by molar-refractivity contribution is -0.116. The van der Waals surface area contributed by atoms with Crippen LogP contribution in [0.4, 0.5) is 5.13 Å². The first-order chi connectivity index (χ1) is 12.0. The molecule has 0 fully saturated rings. The molecule has 0 unspecified atom stereocenters. The number of anilines is 1. The maximum atomic E-state index is 12.1. The number of hydrogen-bond acceptors (Lipinski definition) is 4. The first-order valence-corrected chi connectivity index (χ1v) is 9.27. The number of benzene rings is 2. The summed E-state index contributed by atoms with van der Waals surface area (Å²) in [6.07, 6.45) is 1.03. The van der Waals surface area contributed by atoms with Gasteiger partial charge in [0, 0.05) is 11.4 Å². The van der Waals surface area contributed by atoms with E-state index in [0.717, 1.165) is 21.5 Å². The molecule has 130 valence electrons. The maximum absolute atomic E-state index is 12.1. The van der Waals surface area contributed by atoms with Crippen LogP contribution < -0.4 is 10.1 Å². The Morgan fingerprint density at radius 1 is 1.24 bits per heavy atom. The monoisotopic (exact) mass is 374 g/mol. The van der Waals surface area contributed by atoms with E-state index in [1.807, 2.05) is 38.1 Å². The highest BCUT2D eigenvalue weighted by atomic mass is 35.5. The summed E-state index contributed by atoms with van der Waals surface area (Å²) >= 11 is 7.41. The van der Waals surface area contributed by atoms with Crippen molar-refractivity contribution < 1.29 is 9.53 Å². The van der Waals surface area contributed by atoms with Gasteiger partial charge in [0.25, 0.3) is 0 Å². The molecular weight excluding hydrogens is 356 g/mol. The summed E-state index contributed by atoms with van der Waals surface area (Å²) in [5.41, 5.74) is 3.08. The second-order valence-electron chi connectivity index (χ2n) is 5.90. The Labute approximate surface area is 155 Å². The number of rotatable bonds is 6. The average molecular weight is 375 g/mol. The van der Waals surface area contributed by atoms with Crippen LogP contribution in [0.25, 0.3) is 10.2 Å². The summed E-state index contributed by atoms with van der Waals surface area (Å²) in [5.74, 6) is 0.749. The van der Waals surface area contributed by atoms with Crippen molar-refractivity contribution in [2.45, 2.75) is 26.7 Å². The number of nitrogens with zero attached hydrogens (tertiary/aromatic N) is 1. The zero-order chi connectivity index (χ0) is 17.8. The summed E-state index contributed by atoms with van der Waals surface area (Å²) < 4.78 is 6.78. The molecule has 1 amide bonds. The number of aromatic nitrogens is 1. The van der Waals surface area contributed by atoms with Crippen LogP contribution in [0, 0.1) is 13.8 Å². The average Bonchev–Trinajstić information content (AvgIpc) is 2.94. The molecule has 1 heterocycles. The Bertz CT molecular complexity index is 908. The number of thiazole rings is 1.